The number of fused-ring (bicyclic) bond motifs is 4. The van der Waals surface area contributed by atoms with Crippen molar-refractivity contribution in [2.45, 2.75) is 145 Å². The van der Waals surface area contributed by atoms with Gasteiger partial charge in [0.25, 0.3) is 0 Å². The van der Waals surface area contributed by atoms with Gasteiger partial charge >= 0.3 is 5.97 Å². The lowest BCUT2D eigenvalue weighted by Crippen LogP contribution is -2.58. The fraction of sp³-hybridized carbons (Fsp3) is 0.886. The van der Waals surface area contributed by atoms with E-state index in [-0.39, 0.29) is 45.6 Å². The van der Waals surface area contributed by atoms with Gasteiger partial charge in [-0.2, -0.15) is 0 Å². The zero-order chi connectivity index (χ0) is 30.3. The zero-order valence-electron chi connectivity index (χ0n) is 27.2. The van der Waals surface area contributed by atoms with Gasteiger partial charge in [0.1, 0.15) is 12.2 Å². The van der Waals surface area contributed by atoms with Crippen LogP contribution in [0.3, 0.4) is 0 Å². The van der Waals surface area contributed by atoms with Crippen molar-refractivity contribution in [3.63, 3.8) is 0 Å². The molecule has 0 amide bonds. The Labute approximate surface area is 248 Å². The van der Waals surface area contributed by atoms with Gasteiger partial charge < -0.3 is 24.8 Å². The third kappa shape index (κ3) is 3.72. The second-order valence-electron chi connectivity index (χ2n) is 17.7. The predicted molar refractivity (Wildman–Crippen MR) is 156 cm³/mol. The molecule has 41 heavy (non-hydrogen) atoms. The molecule has 6 heteroatoms. The number of ether oxygens (including phenoxy) is 2. The van der Waals surface area contributed by atoms with E-state index >= 15 is 0 Å². The number of carbonyl (C=O) groups is 1. The summed E-state index contributed by atoms with van der Waals surface area (Å²) in [6.07, 6.45) is 7.39. The average Bonchev–Trinajstić information content (AvgIpc) is 3.48. The fourth-order valence-corrected chi connectivity index (χ4v) is 11.5. The summed E-state index contributed by atoms with van der Waals surface area (Å²) in [7, 11) is 0. The van der Waals surface area contributed by atoms with Gasteiger partial charge in [0, 0.05) is 11.3 Å². The van der Waals surface area contributed by atoms with E-state index in [0.29, 0.717) is 24.5 Å². The Morgan fingerprint density at radius 2 is 1.68 bits per heavy atom. The minimum absolute atomic E-state index is 0.0793. The summed E-state index contributed by atoms with van der Waals surface area (Å²) in [6, 6.07) is 0. The predicted octanol–water partition coefficient (Wildman–Crippen LogP) is 6.17. The van der Waals surface area contributed by atoms with Crippen LogP contribution in [0.25, 0.3) is 0 Å². The molecule has 3 radical (unpaired) electrons. The van der Waals surface area contributed by atoms with Crippen LogP contribution in [0.4, 0.5) is 0 Å². The second-order valence-corrected chi connectivity index (χ2v) is 17.7. The van der Waals surface area contributed by atoms with Crippen molar-refractivity contribution in [1.29, 1.82) is 0 Å². The maximum Gasteiger partial charge on any atom is 0.311 e. The molecule has 0 bridgehead atoms. The molecule has 0 aromatic carbocycles. The van der Waals surface area contributed by atoms with E-state index < -0.39 is 28.6 Å². The Hall–Kier alpha value is -0.690. The standard InChI is InChI=1S/C35H55O6/c1-19-17-20(27(31(7,8)39)41-28(38)29(2,3)4)40-25-24(19)32(9)15-16-35-18-34(35)14-13-23(36)30(5,6)21(34)11-12-22(35)33(32,10)26(25)37/h19,21,23-24,26-27,36-37,39H,11-18H2,1-10H3/t19-,21+,23+,24+,26+,27+,32-,33-,34-,35+/m1/s1. The zero-order valence-corrected chi connectivity index (χ0v) is 27.2. The highest BCUT2D eigenvalue weighted by Crippen LogP contribution is 2.90. The molecule has 6 aliphatic rings. The van der Waals surface area contributed by atoms with Gasteiger partial charge in [-0.1, -0.05) is 34.6 Å². The van der Waals surface area contributed by atoms with Crippen LogP contribution in [-0.2, 0) is 14.3 Å². The number of aliphatic hydroxyl groups is 3. The molecule has 1 heterocycles. The molecule has 2 spiro atoms. The summed E-state index contributed by atoms with van der Waals surface area (Å²) in [5.74, 6) is 1.97. The normalized spacial score (nSPS) is 48.8. The van der Waals surface area contributed by atoms with Gasteiger partial charge in [0.05, 0.1) is 23.2 Å². The largest absolute Gasteiger partial charge is 0.456 e. The van der Waals surface area contributed by atoms with E-state index in [0.717, 1.165) is 38.5 Å². The molecule has 5 saturated carbocycles. The van der Waals surface area contributed by atoms with Crippen LogP contribution in [0.5, 0.6) is 0 Å². The molecule has 0 aromatic heterocycles. The minimum Gasteiger partial charge on any atom is -0.456 e. The summed E-state index contributed by atoms with van der Waals surface area (Å²) in [4.78, 5) is 12.9. The number of rotatable bonds is 3. The van der Waals surface area contributed by atoms with Crippen LogP contribution in [-0.4, -0.2) is 45.2 Å². The summed E-state index contributed by atoms with van der Waals surface area (Å²) < 4.78 is 12.6. The fourth-order valence-electron chi connectivity index (χ4n) is 11.5. The van der Waals surface area contributed by atoms with E-state index in [9.17, 15) is 20.1 Å². The van der Waals surface area contributed by atoms with Crippen LogP contribution in [0.1, 0.15) is 121 Å². The Morgan fingerprint density at radius 3 is 2.29 bits per heavy atom. The monoisotopic (exact) mass is 571 g/mol. The number of carbonyl (C=O) groups excluding carboxylic acids is 1. The molecule has 6 fully saturated rings. The van der Waals surface area contributed by atoms with Gasteiger partial charge in [-0.3, -0.25) is 4.79 Å². The Morgan fingerprint density at radius 1 is 1.02 bits per heavy atom. The third-order valence-electron chi connectivity index (χ3n) is 13.8. The minimum atomic E-state index is -1.33. The molecule has 6 nitrogen and oxygen atoms in total. The number of hydrogen-bond acceptors (Lipinski definition) is 6. The molecule has 1 saturated heterocycles. The van der Waals surface area contributed by atoms with Crippen molar-refractivity contribution in [1.82, 2.24) is 0 Å². The summed E-state index contributed by atoms with van der Waals surface area (Å²) in [5.41, 5.74) is -2.26. The van der Waals surface area contributed by atoms with Gasteiger partial charge in [0.2, 0.25) is 0 Å². The summed E-state index contributed by atoms with van der Waals surface area (Å²) in [6.45, 7) is 20.2. The van der Waals surface area contributed by atoms with Crippen molar-refractivity contribution in [2.75, 3.05) is 0 Å². The second kappa shape index (κ2) is 8.73. The Balaban J connectivity index is 1.32. The molecule has 10 atom stereocenters. The van der Waals surface area contributed by atoms with Crippen LogP contribution in [0.15, 0.2) is 0 Å². The quantitative estimate of drug-likeness (QED) is 0.351. The lowest BCUT2D eigenvalue weighted by atomic mass is 9.41. The van der Waals surface area contributed by atoms with E-state index in [1.165, 1.54) is 6.42 Å². The first-order valence-corrected chi connectivity index (χ1v) is 16.3. The van der Waals surface area contributed by atoms with Crippen molar-refractivity contribution < 1.29 is 29.6 Å². The lowest BCUT2D eigenvalue weighted by Gasteiger charge is -2.63. The lowest BCUT2D eigenvalue weighted by molar-refractivity contribution is -0.181. The van der Waals surface area contributed by atoms with Crippen molar-refractivity contribution in [3.05, 3.63) is 18.1 Å². The van der Waals surface area contributed by atoms with Crippen molar-refractivity contribution >= 4 is 5.97 Å². The molecule has 3 N–H and O–H groups in total. The van der Waals surface area contributed by atoms with Crippen molar-refractivity contribution in [3.8, 4) is 0 Å². The molecule has 5 aliphatic carbocycles. The molecule has 0 unspecified atom stereocenters. The molecular weight excluding hydrogens is 516 g/mol. The topological polar surface area (TPSA) is 96.2 Å². The molecule has 0 aromatic rings. The molecule has 6 rings (SSSR count). The summed E-state index contributed by atoms with van der Waals surface area (Å²) >= 11 is 0. The maximum atomic E-state index is 12.9. The first kappa shape index (κ1) is 30.3. The van der Waals surface area contributed by atoms with Crippen LogP contribution < -0.4 is 0 Å². The number of hydrogen-bond donors (Lipinski definition) is 3. The van der Waals surface area contributed by atoms with Gasteiger partial charge in [-0.25, -0.2) is 0 Å². The van der Waals surface area contributed by atoms with Gasteiger partial charge in [-0.05, 0) is 125 Å². The van der Waals surface area contributed by atoms with Gasteiger partial charge in [-0.15, -0.1) is 0 Å². The number of aliphatic hydroxyl groups excluding tert-OH is 2. The van der Waals surface area contributed by atoms with E-state index in [4.69, 9.17) is 9.47 Å². The van der Waals surface area contributed by atoms with E-state index in [1.54, 1.807) is 19.8 Å². The van der Waals surface area contributed by atoms with Crippen LogP contribution >= 0.6 is 0 Å². The van der Waals surface area contributed by atoms with Crippen LogP contribution in [0.2, 0.25) is 0 Å². The molecule has 231 valence electrons. The van der Waals surface area contributed by atoms with Crippen molar-refractivity contribution in [2.24, 2.45) is 50.2 Å². The number of esters is 1. The average molecular weight is 572 g/mol. The summed E-state index contributed by atoms with van der Waals surface area (Å²) in [5, 5.41) is 34.5. The highest BCUT2D eigenvalue weighted by Gasteiger charge is 2.85. The molecular formula is C35H55O6. The van der Waals surface area contributed by atoms with Gasteiger partial charge in [0.15, 0.2) is 6.10 Å². The van der Waals surface area contributed by atoms with Crippen LogP contribution in [0, 0.1) is 68.4 Å². The Kier molecular flexibility index (Phi) is 6.46. The molecule has 1 aliphatic heterocycles. The smallest absolute Gasteiger partial charge is 0.311 e. The highest BCUT2D eigenvalue weighted by molar-refractivity contribution is 5.75. The maximum absolute atomic E-state index is 12.9. The SMILES string of the molecule is C[C@@H]1C[C]([C@H](OC(=O)C(C)(C)C)C(C)(C)O)O[C]2[C@H]1[C@@]1(C)CC[C@@]34C[C@@]35CC[C@H](O)C(C)(C)[C@@H]5CC[C]4[C@]1(C)[C@H]2O. The first-order valence-electron chi connectivity index (χ1n) is 16.3. The van der Waals surface area contributed by atoms with E-state index in [1.807, 2.05) is 20.8 Å². The third-order valence-corrected chi connectivity index (χ3v) is 13.8. The van der Waals surface area contributed by atoms with E-state index in [2.05, 4.69) is 34.6 Å². The highest BCUT2D eigenvalue weighted by atomic mass is 16.6. The first-order chi connectivity index (χ1) is 18.7. The Bertz CT molecular complexity index is 1090.